The predicted octanol–water partition coefficient (Wildman–Crippen LogP) is 4.66. The Labute approximate surface area is 220 Å². The Balaban J connectivity index is 1.46. The van der Waals surface area contributed by atoms with Gasteiger partial charge in [0.05, 0.1) is 10.9 Å². The Morgan fingerprint density at radius 1 is 1.11 bits per heavy atom. The van der Waals surface area contributed by atoms with E-state index in [4.69, 9.17) is 11.6 Å². The molecule has 0 bridgehead atoms. The van der Waals surface area contributed by atoms with E-state index in [-0.39, 0.29) is 17.2 Å². The molecule has 9 heteroatoms. The molecule has 1 N–H and O–H groups in total. The SMILES string of the molecule is Cc1cc(S(=O)(=O)N2CCn3cccc3C2CC(=O)NCCCN2C(C)CCCC2C)c(C)cc1Cl. The summed E-state index contributed by atoms with van der Waals surface area (Å²) >= 11 is 6.23. The minimum absolute atomic E-state index is 0.0887. The van der Waals surface area contributed by atoms with E-state index in [1.807, 2.05) is 22.9 Å². The van der Waals surface area contributed by atoms with Crippen molar-refractivity contribution in [3.05, 3.63) is 52.3 Å². The maximum atomic E-state index is 13.8. The van der Waals surface area contributed by atoms with Gasteiger partial charge >= 0.3 is 0 Å². The first-order valence-corrected chi connectivity index (χ1v) is 14.9. The molecule has 1 saturated heterocycles. The van der Waals surface area contributed by atoms with Crippen LogP contribution in [0.1, 0.15) is 68.8 Å². The third-order valence-electron chi connectivity index (χ3n) is 7.83. The van der Waals surface area contributed by atoms with E-state index in [1.54, 1.807) is 26.0 Å². The molecule has 1 fully saturated rings. The number of likely N-dealkylation sites (tertiary alicyclic amines) is 1. The fraction of sp³-hybridized carbons (Fsp3) is 0.593. The molecular formula is C27H39ClN4O3S. The Hall–Kier alpha value is -1.87. The third kappa shape index (κ3) is 5.67. The van der Waals surface area contributed by atoms with E-state index in [9.17, 15) is 13.2 Å². The number of aromatic nitrogens is 1. The fourth-order valence-electron chi connectivity index (χ4n) is 5.75. The van der Waals surface area contributed by atoms with Crippen molar-refractivity contribution in [2.75, 3.05) is 19.6 Å². The number of amides is 1. The number of piperidine rings is 1. The number of carbonyl (C=O) groups is 1. The van der Waals surface area contributed by atoms with Crippen molar-refractivity contribution in [2.24, 2.45) is 0 Å². The highest BCUT2D eigenvalue weighted by Gasteiger charge is 2.38. The molecule has 36 heavy (non-hydrogen) atoms. The van der Waals surface area contributed by atoms with Gasteiger partial charge in [0, 0.05) is 61.6 Å². The van der Waals surface area contributed by atoms with Crippen LogP contribution in [0.4, 0.5) is 0 Å². The first-order valence-electron chi connectivity index (χ1n) is 13.1. The average molecular weight is 535 g/mol. The number of hydrogen-bond donors (Lipinski definition) is 1. The zero-order valence-electron chi connectivity index (χ0n) is 21.8. The highest BCUT2D eigenvalue weighted by molar-refractivity contribution is 7.89. The molecule has 7 nitrogen and oxygen atoms in total. The smallest absolute Gasteiger partial charge is 0.244 e. The van der Waals surface area contributed by atoms with E-state index >= 15 is 0 Å². The topological polar surface area (TPSA) is 74.6 Å². The van der Waals surface area contributed by atoms with E-state index in [2.05, 4.69) is 24.1 Å². The van der Waals surface area contributed by atoms with Crippen LogP contribution in [-0.4, -0.2) is 59.8 Å². The van der Waals surface area contributed by atoms with Gasteiger partial charge in [0.15, 0.2) is 0 Å². The molecule has 2 aliphatic heterocycles. The second-order valence-electron chi connectivity index (χ2n) is 10.4. The monoisotopic (exact) mass is 534 g/mol. The minimum atomic E-state index is -3.82. The molecule has 3 unspecified atom stereocenters. The standard InChI is InChI=1S/C27H39ClN4O3S/c1-19-17-26(20(2)16-23(19)28)36(34,35)32-15-14-30-12-6-10-24(30)25(32)18-27(33)29-11-7-13-31-21(3)8-5-9-22(31)4/h6,10,12,16-17,21-22,25H,5,7-9,11,13-15,18H2,1-4H3,(H,29,33). The zero-order valence-corrected chi connectivity index (χ0v) is 23.4. The number of fused-ring (bicyclic) bond motifs is 1. The summed E-state index contributed by atoms with van der Waals surface area (Å²) in [5, 5.41) is 3.59. The lowest BCUT2D eigenvalue weighted by Gasteiger charge is -2.39. The number of halogens is 1. The van der Waals surface area contributed by atoms with Crippen LogP contribution in [0.5, 0.6) is 0 Å². The Kier molecular flexibility index (Phi) is 8.49. The summed E-state index contributed by atoms with van der Waals surface area (Å²) in [7, 11) is -3.82. The van der Waals surface area contributed by atoms with Crippen molar-refractivity contribution >= 4 is 27.5 Å². The van der Waals surface area contributed by atoms with Crippen LogP contribution in [0.15, 0.2) is 35.4 Å². The number of nitrogens with one attached hydrogen (secondary N) is 1. The Bertz CT molecular complexity index is 1190. The number of aryl methyl sites for hydroxylation is 2. The third-order valence-corrected chi connectivity index (χ3v) is 10.3. The number of sulfonamides is 1. The molecule has 2 aliphatic rings. The van der Waals surface area contributed by atoms with E-state index in [1.165, 1.54) is 23.6 Å². The lowest BCUT2D eigenvalue weighted by molar-refractivity contribution is -0.122. The van der Waals surface area contributed by atoms with Crippen LogP contribution in [0.2, 0.25) is 5.02 Å². The van der Waals surface area contributed by atoms with Crippen molar-refractivity contribution in [3.8, 4) is 0 Å². The molecular weight excluding hydrogens is 496 g/mol. The number of nitrogens with zero attached hydrogens (tertiary/aromatic N) is 3. The number of carbonyl (C=O) groups excluding carboxylic acids is 1. The van der Waals surface area contributed by atoms with Gasteiger partial charge in [-0.3, -0.25) is 9.69 Å². The molecule has 1 aromatic heterocycles. The summed E-state index contributed by atoms with van der Waals surface area (Å²) in [6.07, 6.45) is 6.66. The maximum Gasteiger partial charge on any atom is 0.244 e. The zero-order chi connectivity index (χ0) is 26.0. The van der Waals surface area contributed by atoms with Crippen molar-refractivity contribution in [1.82, 2.24) is 19.1 Å². The van der Waals surface area contributed by atoms with Gasteiger partial charge in [-0.25, -0.2) is 8.42 Å². The van der Waals surface area contributed by atoms with Gasteiger partial charge in [-0.1, -0.05) is 18.0 Å². The van der Waals surface area contributed by atoms with Crippen LogP contribution >= 0.6 is 11.6 Å². The summed E-state index contributed by atoms with van der Waals surface area (Å²) < 4.78 is 31.2. The Morgan fingerprint density at radius 3 is 2.56 bits per heavy atom. The maximum absolute atomic E-state index is 13.8. The first-order chi connectivity index (χ1) is 17.1. The lowest BCUT2D eigenvalue weighted by atomic mass is 9.97. The van der Waals surface area contributed by atoms with Gasteiger partial charge in [-0.2, -0.15) is 4.31 Å². The number of rotatable bonds is 8. The van der Waals surface area contributed by atoms with Crippen LogP contribution in [0, 0.1) is 13.8 Å². The molecule has 1 aromatic carbocycles. The van der Waals surface area contributed by atoms with Crippen LogP contribution in [0.25, 0.3) is 0 Å². The molecule has 1 amide bonds. The largest absolute Gasteiger partial charge is 0.356 e. The van der Waals surface area contributed by atoms with Gasteiger partial charge < -0.3 is 9.88 Å². The van der Waals surface area contributed by atoms with Gasteiger partial charge in [-0.15, -0.1) is 0 Å². The fourth-order valence-corrected chi connectivity index (χ4v) is 7.85. The molecule has 0 saturated carbocycles. The molecule has 0 spiro atoms. The van der Waals surface area contributed by atoms with Gasteiger partial charge in [0.2, 0.25) is 15.9 Å². The molecule has 0 aliphatic carbocycles. The quantitative estimate of drug-likeness (QED) is 0.500. The molecule has 198 valence electrons. The van der Waals surface area contributed by atoms with Gasteiger partial charge in [0.1, 0.15) is 0 Å². The van der Waals surface area contributed by atoms with Gasteiger partial charge in [-0.05, 0) is 82.3 Å². The summed E-state index contributed by atoms with van der Waals surface area (Å²) in [5.41, 5.74) is 2.17. The van der Waals surface area contributed by atoms with E-state index in [0.29, 0.717) is 47.9 Å². The Morgan fingerprint density at radius 2 is 1.83 bits per heavy atom. The van der Waals surface area contributed by atoms with Crippen molar-refractivity contribution in [1.29, 1.82) is 0 Å². The highest BCUT2D eigenvalue weighted by atomic mass is 35.5. The second kappa shape index (κ2) is 11.3. The molecule has 4 rings (SSSR count). The minimum Gasteiger partial charge on any atom is -0.356 e. The summed E-state index contributed by atoms with van der Waals surface area (Å²) in [6, 6.07) is 7.77. The van der Waals surface area contributed by atoms with Crippen LogP contribution in [0.3, 0.4) is 0 Å². The molecule has 2 aromatic rings. The molecule has 0 radical (unpaired) electrons. The normalized spacial score (nSPS) is 23.4. The molecule has 3 heterocycles. The number of benzene rings is 1. The van der Waals surface area contributed by atoms with Crippen molar-refractivity contribution < 1.29 is 13.2 Å². The average Bonchev–Trinajstić information content (AvgIpc) is 3.30. The van der Waals surface area contributed by atoms with Gasteiger partial charge in [0.25, 0.3) is 0 Å². The van der Waals surface area contributed by atoms with Crippen LogP contribution in [-0.2, 0) is 21.4 Å². The summed E-state index contributed by atoms with van der Waals surface area (Å²) in [4.78, 5) is 15.8. The molecule has 3 atom stereocenters. The van der Waals surface area contributed by atoms with E-state index < -0.39 is 16.1 Å². The summed E-state index contributed by atoms with van der Waals surface area (Å²) in [6.45, 7) is 10.5. The highest BCUT2D eigenvalue weighted by Crippen LogP contribution is 2.36. The second-order valence-corrected chi connectivity index (χ2v) is 12.7. The first kappa shape index (κ1) is 27.2. The van der Waals surface area contributed by atoms with Crippen molar-refractivity contribution in [2.45, 2.75) is 89.4 Å². The summed E-state index contributed by atoms with van der Waals surface area (Å²) in [5.74, 6) is -0.126. The van der Waals surface area contributed by atoms with Crippen LogP contribution < -0.4 is 5.32 Å². The lowest BCUT2D eigenvalue weighted by Crippen LogP contribution is -2.45. The van der Waals surface area contributed by atoms with Crippen molar-refractivity contribution in [3.63, 3.8) is 0 Å². The predicted molar refractivity (Wildman–Crippen MR) is 144 cm³/mol. The number of hydrogen-bond acceptors (Lipinski definition) is 4. The van der Waals surface area contributed by atoms with E-state index in [0.717, 1.165) is 18.7 Å².